The fourth-order valence-electron chi connectivity index (χ4n) is 4.40. The van der Waals surface area contributed by atoms with Crippen molar-refractivity contribution in [2.24, 2.45) is 4.99 Å². The number of nitrogens with zero attached hydrogens (tertiary/aromatic N) is 3. The van der Waals surface area contributed by atoms with Gasteiger partial charge in [0.2, 0.25) is 5.76 Å². The molecule has 1 aliphatic heterocycles. The molecule has 0 N–H and O–H groups in total. The van der Waals surface area contributed by atoms with E-state index in [4.69, 9.17) is 13.9 Å². The summed E-state index contributed by atoms with van der Waals surface area (Å²) in [6.07, 6.45) is 4.67. The molecule has 41 heavy (non-hydrogen) atoms. The van der Waals surface area contributed by atoms with Crippen LogP contribution >= 0.6 is 11.3 Å². The highest BCUT2D eigenvalue weighted by Crippen LogP contribution is 2.32. The van der Waals surface area contributed by atoms with Crippen LogP contribution < -0.4 is 24.5 Å². The van der Waals surface area contributed by atoms with E-state index < -0.39 is 18.0 Å². The lowest BCUT2D eigenvalue weighted by Crippen LogP contribution is -2.39. The average Bonchev–Trinajstić information content (AvgIpc) is 3.60. The van der Waals surface area contributed by atoms with E-state index in [-0.39, 0.29) is 29.2 Å². The topological polar surface area (TPSA) is 103 Å². The lowest BCUT2D eigenvalue weighted by atomic mass is 9.96. The van der Waals surface area contributed by atoms with Gasteiger partial charge in [0.15, 0.2) is 4.80 Å². The van der Waals surface area contributed by atoms with Crippen molar-refractivity contribution in [3.8, 4) is 5.75 Å². The first-order valence-corrected chi connectivity index (χ1v) is 13.5. The second kappa shape index (κ2) is 11.6. The fourth-order valence-corrected chi connectivity index (χ4v) is 5.45. The highest BCUT2D eigenvalue weighted by molar-refractivity contribution is 7.07. The van der Waals surface area contributed by atoms with Crippen LogP contribution in [-0.2, 0) is 9.53 Å². The van der Waals surface area contributed by atoms with Gasteiger partial charge in [-0.15, -0.1) is 0 Å². The van der Waals surface area contributed by atoms with Crippen LogP contribution in [0, 0.1) is 0 Å². The molecule has 0 radical (unpaired) electrons. The van der Waals surface area contributed by atoms with Gasteiger partial charge in [-0.25, -0.2) is 14.6 Å². The summed E-state index contributed by atoms with van der Waals surface area (Å²) in [6.45, 7) is 5.34. The van der Waals surface area contributed by atoms with Crippen LogP contribution in [0.15, 0.2) is 105 Å². The van der Waals surface area contributed by atoms with Crippen molar-refractivity contribution in [1.82, 2.24) is 4.57 Å². The van der Waals surface area contributed by atoms with Gasteiger partial charge in [0.05, 0.1) is 28.1 Å². The number of furan rings is 1. The van der Waals surface area contributed by atoms with Crippen LogP contribution in [0.4, 0.5) is 5.69 Å². The first-order chi connectivity index (χ1) is 19.8. The van der Waals surface area contributed by atoms with Crippen molar-refractivity contribution >= 4 is 35.0 Å². The van der Waals surface area contributed by atoms with Crippen LogP contribution in [0.25, 0.3) is 6.08 Å². The van der Waals surface area contributed by atoms with Gasteiger partial charge in [-0.1, -0.05) is 48.3 Å². The molecule has 5 rings (SSSR count). The molecule has 2 aromatic heterocycles. The van der Waals surface area contributed by atoms with Gasteiger partial charge in [-0.2, -0.15) is 0 Å². The number of hydrogen-bond acceptors (Lipinski definition) is 9. The predicted octanol–water partition coefficient (Wildman–Crippen LogP) is 3.84. The molecule has 0 amide bonds. The smallest absolute Gasteiger partial charge is 0.379 e. The van der Waals surface area contributed by atoms with Crippen molar-refractivity contribution in [2.75, 3.05) is 25.6 Å². The molecule has 0 fully saturated rings. The number of hydrogen-bond donors (Lipinski definition) is 0. The molecule has 1 atom stereocenters. The van der Waals surface area contributed by atoms with Crippen LogP contribution in [0.3, 0.4) is 0 Å². The molecule has 10 heteroatoms. The Balaban J connectivity index is 1.57. The molecule has 4 aromatic rings. The highest BCUT2D eigenvalue weighted by Gasteiger charge is 2.33. The largest absolute Gasteiger partial charge is 0.458 e. The first kappa shape index (κ1) is 27.6. The molecule has 0 aliphatic carbocycles. The molecule has 208 valence electrons. The number of allylic oxidation sites excluding steroid dienone is 1. The van der Waals surface area contributed by atoms with E-state index in [0.29, 0.717) is 20.6 Å². The normalized spacial score (nSPS) is 14.7. The molecular weight excluding hydrogens is 542 g/mol. The van der Waals surface area contributed by atoms with Gasteiger partial charge in [0.1, 0.15) is 12.4 Å². The van der Waals surface area contributed by atoms with E-state index in [1.54, 1.807) is 37.3 Å². The Morgan fingerprint density at radius 1 is 1.10 bits per heavy atom. The van der Waals surface area contributed by atoms with Gasteiger partial charge in [-0.05, 0) is 60.5 Å². The summed E-state index contributed by atoms with van der Waals surface area (Å²) in [6, 6.07) is 16.7. The summed E-state index contributed by atoms with van der Waals surface area (Å²) in [5.41, 5.74) is 2.92. The summed E-state index contributed by atoms with van der Waals surface area (Å²) < 4.78 is 17.9. The minimum Gasteiger partial charge on any atom is -0.458 e. The third kappa shape index (κ3) is 5.68. The predicted molar refractivity (Wildman–Crippen MR) is 156 cm³/mol. The molecule has 3 heterocycles. The van der Waals surface area contributed by atoms with E-state index in [2.05, 4.69) is 11.6 Å². The number of fused-ring (bicyclic) bond motifs is 1. The van der Waals surface area contributed by atoms with Gasteiger partial charge in [0, 0.05) is 19.8 Å². The Bertz CT molecular complexity index is 1810. The molecule has 1 aliphatic rings. The van der Waals surface area contributed by atoms with Crippen LogP contribution in [0.2, 0.25) is 0 Å². The number of thiazole rings is 1. The molecule has 9 nitrogen and oxygen atoms in total. The average molecular weight is 570 g/mol. The van der Waals surface area contributed by atoms with Crippen molar-refractivity contribution in [3.05, 3.63) is 127 Å². The number of benzene rings is 2. The van der Waals surface area contributed by atoms with Gasteiger partial charge in [0.25, 0.3) is 5.56 Å². The minimum absolute atomic E-state index is 0.0113. The Labute approximate surface area is 239 Å². The summed E-state index contributed by atoms with van der Waals surface area (Å²) in [5, 5.41) is 0. The number of ether oxygens (including phenoxy) is 2. The van der Waals surface area contributed by atoms with Crippen molar-refractivity contribution in [3.63, 3.8) is 0 Å². The zero-order chi connectivity index (χ0) is 29.1. The number of rotatable bonds is 8. The van der Waals surface area contributed by atoms with Crippen LogP contribution in [0.1, 0.15) is 34.6 Å². The van der Waals surface area contributed by atoms with Crippen molar-refractivity contribution in [2.45, 2.75) is 13.0 Å². The minimum atomic E-state index is -0.809. The SMILES string of the molecule is C=CCOC(=O)C1=C(C)N=c2s/c(=C\c3ccc(N(C)C)cc3)c(=O)n2[C@@H]1c1ccc(OC(=O)c2ccco2)cc1. The Morgan fingerprint density at radius 3 is 2.46 bits per heavy atom. The van der Waals surface area contributed by atoms with Gasteiger partial charge >= 0.3 is 11.9 Å². The van der Waals surface area contributed by atoms with Crippen molar-refractivity contribution < 1.29 is 23.5 Å². The van der Waals surface area contributed by atoms with Crippen LogP contribution in [0.5, 0.6) is 5.75 Å². The summed E-state index contributed by atoms with van der Waals surface area (Å²) in [4.78, 5) is 46.4. The number of aromatic nitrogens is 1. The third-order valence-corrected chi connectivity index (χ3v) is 7.39. The number of esters is 2. The molecule has 2 aromatic carbocycles. The zero-order valence-corrected chi connectivity index (χ0v) is 23.5. The number of carbonyl (C=O) groups is 2. The van der Waals surface area contributed by atoms with E-state index in [1.165, 1.54) is 34.3 Å². The maximum absolute atomic E-state index is 13.8. The standard InChI is InChI=1S/C31H27N3O6S/c1-5-16-39-30(37)26-19(2)32-31-34(28(35)25(41-31)18-20-8-12-22(13-9-20)33(3)4)27(26)21-10-14-23(15-11-21)40-29(36)24-7-6-17-38-24/h5-15,17-18,27H,1,16H2,2-4H3/b25-18-/t27-/m1/s1. The molecular formula is C31H27N3O6S. The summed E-state index contributed by atoms with van der Waals surface area (Å²) >= 11 is 1.25. The van der Waals surface area contributed by atoms with Gasteiger partial charge in [-0.3, -0.25) is 9.36 Å². The quantitative estimate of drug-likeness (QED) is 0.180. The van der Waals surface area contributed by atoms with E-state index in [9.17, 15) is 14.4 Å². The second-order valence-corrected chi connectivity index (χ2v) is 10.4. The molecule has 0 saturated carbocycles. The fraction of sp³-hybridized carbons (Fsp3) is 0.161. The molecule has 0 saturated heterocycles. The number of anilines is 1. The summed E-state index contributed by atoms with van der Waals surface area (Å²) in [5.74, 6) is -0.889. The van der Waals surface area contributed by atoms with Crippen molar-refractivity contribution in [1.29, 1.82) is 0 Å². The number of carbonyl (C=O) groups excluding carboxylic acids is 2. The Morgan fingerprint density at radius 2 is 1.83 bits per heavy atom. The molecule has 0 spiro atoms. The highest BCUT2D eigenvalue weighted by atomic mass is 32.1. The zero-order valence-electron chi connectivity index (χ0n) is 22.7. The van der Waals surface area contributed by atoms with E-state index in [1.807, 2.05) is 49.3 Å². The third-order valence-electron chi connectivity index (χ3n) is 6.41. The second-order valence-electron chi connectivity index (χ2n) is 9.39. The molecule has 0 bridgehead atoms. The van der Waals surface area contributed by atoms with Gasteiger partial charge < -0.3 is 18.8 Å². The van der Waals surface area contributed by atoms with E-state index >= 15 is 0 Å². The lowest BCUT2D eigenvalue weighted by molar-refractivity contribution is -0.138. The maximum Gasteiger partial charge on any atom is 0.379 e. The monoisotopic (exact) mass is 569 g/mol. The maximum atomic E-state index is 13.8. The molecule has 0 unspecified atom stereocenters. The Hall–Kier alpha value is -4.96. The Kier molecular flexibility index (Phi) is 7.84. The van der Waals surface area contributed by atoms with Crippen LogP contribution in [-0.4, -0.2) is 37.2 Å². The lowest BCUT2D eigenvalue weighted by Gasteiger charge is -2.24. The van der Waals surface area contributed by atoms with E-state index in [0.717, 1.165) is 11.3 Å². The summed E-state index contributed by atoms with van der Waals surface area (Å²) in [7, 11) is 3.92. The first-order valence-electron chi connectivity index (χ1n) is 12.7.